The molecular formula is C25H23F3N4O2. The summed E-state index contributed by atoms with van der Waals surface area (Å²) in [6.45, 7) is 0. The molecule has 0 spiro atoms. The number of nitrogens with one attached hydrogen (secondary N) is 1. The second-order valence-corrected chi connectivity index (χ2v) is 9.04. The number of hydrogen-bond donors (Lipinski definition) is 3. The second kappa shape index (κ2) is 8.62. The molecule has 3 aliphatic rings. The predicted octanol–water partition coefficient (Wildman–Crippen LogP) is 5.67. The van der Waals surface area contributed by atoms with Crippen LogP contribution in [0.25, 0.3) is 33.2 Å². The van der Waals surface area contributed by atoms with Gasteiger partial charge < -0.3 is 15.8 Å². The van der Waals surface area contributed by atoms with Crippen molar-refractivity contribution in [2.45, 2.75) is 32.1 Å². The van der Waals surface area contributed by atoms with Crippen LogP contribution in [0.1, 0.15) is 32.1 Å². The molecule has 2 aromatic heterocycles. The van der Waals surface area contributed by atoms with Crippen LogP contribution in [0.2, 0.25) is 0 Å². The maximum absolute atomic E-state index is 13.8. The van der Waals surface area contributed by atoms with Crippen LogP contribution >= 0.6 is 0 Å². The molecule has 7 rings (SSSR count). The summed E-state index contributed by atoms with van der Waals surface area (Å²) in [5, 5.41) is 9.27. The number of aromatic nitrogens is 3. The number of H-pyrrole nitrogens is 1. The molecule has 2 aromatic carbocycles. The molecule has 9 heteroatoms. The van der Waals surface area contributed by atoms with Crippen molar-refractivity contribution in [3.8, 4) is 11.4 Å². The van der Waals surface area contributed by atoms with Gasteiger partial charge in [-0.3, -0.25) is 4.79 Å². The van der Waals surface area contributed by atoms with Crippen molar-refractivity contribution in [3.63, 3.8) is 0 Å². The summed E-state index contributed by atoms with van der Waals surface area (Å²) >= 11 is 0. The van der Waals surface area contributed by atoms with Crippen LogP contribution in [0.3, 0.4) is 0 Å². The number of halogens is 3. The molecule has 0 amide bonds. The fraction of sp³-hybridized carbons (Fsp3) is 0.320. The van der Waals surface area contributed by atoms with Gasteiger partial charge in [0.25, 0.3) is 0 Å². The van der Waals surface area contributed by atoms with E-state index in [0.717, 1.165) is 18.4 Å². The van der Waals surface area contributed by atoms with Gasteiger partial charge in [-0.15, -0.1) is 0 Å². The average Bonchev–Trinajstić information content (AvgIpc) is 3.24. The van der Waals surface area contributed by atoms with Gasteiger partial charge in [-0.25, -0.2) is 23.1 Å². The molecule has 3 fully saturated rings. The Bertz CT molecular complexity index is 1400. The molecule has 176 valence electrons. The second-order valence-electron chi connectivity index (χ2n) is 9.04. The van der Waals surface area contributed by atoms with Crippen molar-refractivity contribution >= 4 is 33.6 Å². The monoisotopic (exact) mass is 468 g/mol. The standard InChI is InChI=1S/C16H9F3N4.C9H14O2/c17-7-4-8-9(6-21-14(8)11(19)5-7)16-22-12-3-1-2-10(18)13(12)15(20)23-16;10-9(11)8-5-6-1-3-7(8)4-2-6/h1-6,21H,(H2,20,22,23);6-8H,1-5H2,(H,10,11). The number of carbonyl (C=O) groups is 1. The third-order valence-corrected chi connectivity index (χ3v) is 7.01. The normalized spacial score (nSPS) is 21.4. The van der Waals surface area contributed by atoms with E-state index in [2.05, 4.69) is 15.0 Å². The first-order valence-electron chi connectivity index (χ1n) is 11.2. The smallest absolute Gasteiger partial charge is 0.306 e. The van der Waals surface area contributed by atoms with Gasteiger partial charge >= 0.3 is 5.97 Å². The number of rotatable bonds is 2. The highest BCUT2D eigenvalue weighted by atomic mass is 19.1. The third kappa shape index (κ3) is 3.95. The summed E-state index contributed by atoms with van der Waals surface area (Å²) in [7, 11) is 0. The number of aromatic amines is 1. The van der Waals surface area contributed by atoms with Gasteiger partial charge in [0.1, 0.15) is 23.3 Å². The van der Waals surface area contributed by atoms with Crippen molar-refractivity contribution in [2.75, 3.05) is 5.73 Å². The Hall–Kier alpha value is -3.62. The first-order chi connectivity index (χ1) is 16.3. The van der Waals surface area contributed by atoms with E-state index in [0.29, 0.717) is 17.0 Å². The molecule has 3 saturated carbocycles. The van der Waals surface area contributed by atoms with Crippen LogP contribution in [0.4, 0.5) is 19.0 Å². The summed E-state index contributed by atoms with van der Waals surface area (Å²) in [4.78, 5) is 21.8. The van der Waals surface area contributed by atoms with E-state index in [4.69, 9.17) is 10.8 Å². The fourth-order valence-electron chi connectivity index (χ4n) is 5.31. The molecule has 1 atom stereocenters. The molecule has 6 nitrogen and oxygen atoms in total. The Morgan fingerprint density at radius 1 is 1.06 bits per heavy atom. The highest BCUT2D eigenvalue weighted by molar-refractivity contribution is 5.96. The number of fused-ring (bicyclic) bond motifs is 5. The lowest BCUT2D eigenvalue weighted by Crippen LogP contribution is -2.35. The molecule has 0 radical (unpaired) electrons. The van der Waals surface area contributed by atoms with E-state index in [9.17, 15) is 18.0 Å². The van der Waals surface area contributed by atoms with E-state index in [1.165, 1.54) is 50.1 Å². The van der Waals surface area contributed by atoms with Crippen molar-refractivity contribution in [3.05, 3.63) is 54.0 Å². The molecule has 4 aromatic rings. The number of carboxylic acids is 1. The van der Waals surface area contributed by atoms with Crippen molar-refractivity contribution in [1.82, 2.24) is 15.0 Å². The molecule has 0 aliphatic heterocycles. The number of hydrogen-bond acceptors (Lipinski definition) is 4. The minimum atomic E-state index is -0.717. The molecule has 34 heavy (non-hydrogen) atoms. The molecule has 4 N–H and O–H groups in total. The van der Waals surface area contributed by atoms with Crippen LogP contribution < -0.4 is 5.73 Å². The number of nitrogen functional groups attached to an aromatic ring is 1. The lowest BCUT2D eigenvalue weighted by molar-refractivity contribution is -0.147. The highest BCUT2D eigenvalue weighted by Gasteiger charge is 2.39. The zero-order chi connectivity index (χ0) is 24.0. The van der Waals surface area contributed by atoms with E-state index < -0.39 is 23.4 Å². The summed E-state index contributed by atoms with van der Waals surface area (Å²) in [6, 6.07) is 6.32. The lowest BCUT2D eigenvalue weighted by atomic mass is 9.65. The number of benzene rings is 2. The number of aliphatic carboxylic acids is 1. The number of anilines is 1. The number of nitrogens with zero attached hydrogens (tertiary/aromatic N) is 2. The Morgan fingerprint density at radius 3 is 2.47 bits per heavy atom. The van der Waals surface area contributed by atoms with Gasteiger partial charge in [-0.1, -0.05) is 18.9 Å². The quantitative estimate of drug-likeness (QED) is 0.351. The number of nitrogens with two attached hydrogens (primary N) is 1. The molecule has 3 aliphatic carbocycles. The Kier molecular flexibility index (Phi) is 5.63. The molecule has 0 saturated heterocycles. The van der Waals surface area contributed by atoms with E-state index >= 15 is 0 Å². The fourth-order valence-corrected chi connectivity index (χ4v) is 5.31. The van der Waals surface area contributed by atoms with Gasteiger partial charge in [-0.2, -0.15) is 0 Å². The summed E-state index contributed by atoms with van der Waals surface area (Å²) in [6.07, 6.45) is 7.33. The van der Waals surface area contributed by atoms with Gasteiger partial charge in [0.05, 0.1) is 22.3 Å². The lowest BCUT2D eigenvalue weighted by Gasteiger charge is -2.40. The van der Waals surface area contributed by atoms with Crippen LogP contribution in [-0.4, -0.2) is 26.0 Å². The summed E-state index contributed by atoms with van der Waals surface area (Å²) in [5.74, 6) is -1.13. The third-order valence-electron chi connectivity index (χ3n) is 7.01. The van der Waals surface area contributed by atoms with Crippen LogP contribution in [0, 0.1) is 35.2 Å². The number of carboxylic acid groups (broad SMARTS) is 1. The Morgan fingerprint density at radius 2 is 1.82 bits per heavy atom. The Balaban J connectivity index is 0.000000183. The largest absolute Gasteiger partial charge is 0.481 e. The van der Waals surface area contributed by atoms with Crippen molar-refractivity contribution < 1.29 is 23.1 Å². The molecule has 1 unspecified atom stereocenters. The highest BCUT2D eigenvalue weighted by Crippen LogP contribution is 2.44. The van der Waals surface area contributed by atoms with Gasteiger partial charge in [0, 0.05) is 23.2 Å². The SMILES string of the molecule is Nc1nc(-c2c[nH]c3c(F)cc(F)cc23)nc2cccc(F)c12.O=C(O)C1CC2CCC1CC2. The zero-order valence-electron chi connectivity index (χ0n) is 18.2. The van der Waals surface area contributed by atoms with Crippen molar-refractivity contribution in [2.24, 2.45) is 17.8 Å². The first-order valence-corrected chi connectivity index (χ1v) is 11.2. The van der Waals surface area contributed by atoms with Crippen molar-refractivity contribution in [1.29, 1.82) is 0 Å². The molecule has 2 heterocycles. The maximum atomic E-state index is 13.8. The average molecular weight is 468 g/mol. The molecular weight excluding hydrogens is 445 g/mol. The molecule has 2 bridgehead atoms. The predicted molar refractivity (Wildman–Crippen MR) is 122 cm³/mol. The topological polar surface area (TPSA) is 105 Å². The Labute approximate surface area is 193 Å². The van der Waals surface area contributed by atoms with E-state index in [1.54, 1.807) is 6.07 Å². The van der Waals surface area contributed by atoms with Crippen LogP contribution in [-0.2, 0) is 4.79 Å². The van der Waals surface area contributed by atoms with E-state index in [1.807, 2.05) is 0 Å². The maximum Gasteiger partial charge on any atom is 0.306 e. The minimum Gasteiger partial charge on any atom is -0.481 e. The van der Waals surface area contributed by atoms with Gasteiger partial charge in [-0.05, 0) is 49.3 Å². The minimum absolute atomic E-state index is 0.00231. The van der Waals surface area contributed by atoms with E-state index in [-0.39, 0.29) is 33.8 Å². The summed E-state index contributed by atoms with van der Waals surface area (Å²) < 4.78 is 41.1. The van der Waals surface area contributed by atoms with Crippen LogP contribution in [0.5, 0.6) is 0 Å². The van der Waals surface area contributed by atoms with Crippen LogP contribution in [0.15, 0.2) is 36.5 Å². The first kappa shape index (κ1) is 22.2. The van der Waals surface area contributed by atoms with Gasteiger partial charge in [0.15, 0.2) is 5.82 Å². The summed E-state index contributed by atoms with van der Waals surface area (Å²) in [5.41, 5.74) is 6.66. The van der Waals surface area contributed by atoms with Gasteiger partial charge in [0.2, 0.25) is 0 Å². The zero-order valence-corrected chi connectivity index (χ0v) is 18.2.